The number of pyridine rings is 1. The molecule has 29 heavy (non-hydrogen) atoms. The van der Waals surface area contributed by atoms with Crippen LogP contribution in [0.15, 0.2) is 29.4 Å². The van der Waals surface area contributed by atoms with Crippen LogP contribution in [-0.4, -0.2) is 71.4 Å². The van der Waals surface area contributed by atoms with Crippen molar-refractivity contribution >= 4 is 11.6 Å². The Morgan fingerprint density at radius 3 is 2.66 bits per heavy atom. The summed E-state index contributed by atoms with van der Waals surface area (Å²) in [6.07, 6.45) is 1.09. The molecule has 3 rings (SSSR count). The van der Waals surface area contributed by atoms with Crippen LogP contribution in [0.3, 0.4) is 0 Å². The fraction of sp³-hybridized carbons (Fsp3) is 0.632. The van der Waals surface area contributed by atoms with Crippen molar-refractivity contribution in [2.45, 2.75) is 31.9 Å². The maximum atomic E-state index is 12.5. The van der Waals surface area contributed by atoms with Crippen molar-refractivity contribution < 1.29 is 13.2 Å². The molecule has 2 aromatic rings. The number of nitrogens with one attached hydrogen (secondary N) is 2. The summed E-state index contributed by atoms with van der Waals surface area (Å²) in [6.45, 7) is 1.66. The summed E-state index contributed by atoms with van der Waals surface area (Å²) in [5.74, 6) is 2.05. The molecule has 160 valence electrons. The Balaban J connectivity index is 1.33. The maximum absolute atomic E-state index is 12.5. The van der Waals surface area contributed by atoms with Gasteiger partial charge in [-0.25, -0.2) is 0 Å². The molecule has 0 atom stereocenters. The van der Waals surface area contributed by atoms with Gasteiger partial charge in [0.1, 0.15) is 5.82 Å². The summed E-state index contributed by atoms with van der Waals surface area (Å²) in [5, 5.41) is 14.9. The Kier molecular flexibility index (Phi) is 7.29. The zero-order valence-electron chi connectivity index (χ0n) is 16.6. The molecule has 0 unspecified atom stereocenters. The predicted molar refractivity (Wildman–Crippen MR) is 106 cm³/mol. The van der Waals surface area contributed by atoms with Gasteiger partial charge in [-0.3, -0.25) is 14.3 Å². The van der Waals surface area contributed by atoms with Crippen LogP contribution in [0.1, 0.15) is 25.1 Å². The van der Waals surface area contributed by atoms with E-state index in [2.05, 4.69) is 25.8 Å². The van der Waals surface area contributed by atoms with Gasteiger partial charge in [-0.1, -0.05) is 6.07 Å². The van der Waals surface area contributed by atoms with Crippen molar-refractivity contribution in [1.82, 2.24) is 30.1 Å². The van der Waals surface area contributed by atoms with Gasteiger partial charge in [-0.15, -0.1) is 10.2 Å². The molecular formula is C19H28F3N7. The fourth-order valence-electron chi connectivity index (χ4n) is 3.66. The molecule has 1 fully saturated rings. The zero-order valence-corrected chi connectivity index (χ0v) is 16.6. The number of aliphatic imine (C=N–C) groups is 1. The number of nitrogens with zero attached hydrogens (tertiary/aromatic N) is 5. The van der Waals surface area contributed by atoms with Gasteiger partial charge in [-0.05, 0) is 50.4 Å². The van der Waals surface area contributed by atoms with E-state index in [0.29, 0.717) is 37.9 Å². The van der Waals surface area contributed by atoms with E-state index in [1.807, 2.05) is 28.8 Å². The number of hydrogen-bond acceptors (Lipinski definition) is 4. The smallest absolute Gasteiger partial charge is 0.356 e. The molecule has 1 saturated heterocycles. The first-order valence-electron chi connectivity index (χ1n) is 9.97. The van der Waals surface area contributed by atoms with E-state index in [1.54, 1.807) is 7.05 Å². The third-order valence-electron chi connectivity index (χ3n) is 5.20. The Bertz CT molecular complexity index is 794. The number of alkyl halides is 3. The average molecular weight is 411 g/mol. The summed E-state index contributed by atoms with van der Waals surface area (Å²) >= 11 is 0. The second-order valence-electron chi connectivity index (χ2n) is 7.34. The SMILES string of the molecule is CN=C(NCCc1nnc2ccccn12)NCCC1CCN(CC(F)(F)F)CC1. The third kappa shape index (κ3) is 6.59. The molecule has 0 spiro atoms. The topological polar surface area (TPSA) is 69.8 Å². The molecule has 1 aliphatic heterocycles. The van der Waals surface area contributed by atoms with Gasteiger partial charge >= 0.3 is 6.18 Å². The lowest BCUT2D eigenvalue weighted by molar-refractivity contribution is -0.148. The molecule has 2 N–H and O–H groups in total. The van der Waals surface area contributed by atoms with E-state index in [9.17, 15) is 13.2 Å². The molecule has 0 radical (unpaired) electrons. The van der Waals surface area contributed by atoms with Crippen LogP contribution in [-0.2, 0) is 6.42 Å². The number of halogens is 3. The van der Waals surface area contributed by atoms with Gasteiger partial charge in [0, 0.05) is 32.8 Å². The standard InChI is InChI=1S/C19H28F3N7/c1-23-18(25-10-6-17-27-26-16-4-2-3-11-29(16)17)24-9-5-15-7-12-28(13-8-15)14-19(20,21)22/h2-4,11,15H,5-10,12-14H2,1H3,(H2,23,24,25). The number of guanidine groups is 1. The summed E-state index contributed by atoms with van der Waals surface area (Å²) in [7, 11) is 1.72. The molecule has 1 aliphatic rings. The van der Waals surface area contributed by atoms with E-state index in [1.165, 1.54) is 4.90 Å². The first-order chi connectivity index (χ1) is 13.9. The van der Waals surface area contributed by atoms with Gasteiger partial charge in [0.15, 0.2) is 11.6 Å². The highest BCUT2D eigenvalue weighted by atomic mass is 19.4. The van der Waals surface area contributed by atoms with E-state index in [4.69, 9.17) is 0 Å². The molecule has 0 aliphatic carbocycles. The van der Waals surface area contributed by atoms with Crippen LogP contribution < -0.4 is 10.6 Å². The zero-order chi connectivity index (χ0) is 20.7. The van der Waals surface area contributed by atoms with Crippen LogP contribution >= 0.6 is 0 Å². The minimum atomic E-state index is -4.11. The lowest BCUT2D eigenvalue weighted by atomic mass is 9.93. The summed E-state index contributed by atoms with van der Waals surface area (Å²) < 4.78 is 39.3. The second-order valence-corrected chi connectivity index (χ2v) is 7.34. The molecule has 0 saturated carbocycles. The molecule has 3 heterocycles. The van der Waals surface area contributed by atoms with Crippen molar-refractivity contribution in [1.29, 1.82) is 0 Å². The number of rotatable bonds is 7. The highest BCUT2D eigenvalue weighted by molar-refractivity contribution is 5.79. The molecule has 0 aromatic carbocycles. The Hall–Kier alpha value is -2.36. The predicted octanol–water partition coefficient (Wildman–Crippen LogP) is 2.10. The van der Waals surface area contributed by atoms with Gasteiger partial charge in [0.25, 0.3) is 0 Å². The van der Waals surface area contributed by atoms with Crippen LogP contribution in [0.5, 0.6) is 0 Å². The van der Waals surface area contributed by atoms with Crippen molar-refractivity contribution in [2.24, 2.45) is 10.9 Å². The number of piperidine rings is 1. The first-order valence-corrected chi connectivity index (χ1v) is 9.97. The second kappa shape index (κ2) is 9.91. The fourth-order valence-corrected chi connectivity index (χ4v) is 3.66. The molecular weight excluding hydrogens is 383 g/mol. The quantitative estimate of drug-likeness (QED) is 0.540. The van der Waals surface area contributed by atoms with Crippen molar-refractivity contribution in [3.8, 4) is 0 Å². The van der Waals surface area contributed by atoms with Crippen LogP contribution in [0.25, 0.3) is 5.65 Å². The Morgan fingerprint density at radius 2 is 1.93 bits per heavy atom. The maximum Gasteiger partial charge on any atom is 0.401 e. The molecule has 0 bridgehead atoms. The van der Waals surface area contributed by atoms with Gasteiger partial charge in [0.2, 0.25) is 0 Å². The van der Waals surface area contributed by atoms with E-state index in [0.717, 1.165) is 37.3 Å². The highest BCUT2D eigenvalue weighted by Gasteiger charge is 2.32. The minimum Gasteiger partial charge on any atom is -0.356 e. The summed E-state index contributed by atoms with van der Waals surface area (Å²) in [4.78, 5) is 5.72. The lowest BCUT2D eigenvalue weighted by Crippen LogP contribution is -2.42. The number of aromatic nitrogens is 3. The van der Waals surface area contributed by atoms with Gasteiger partial charge in [-0.2, -0.15) is 13.2 Å². The number of likely N-dealkylation sites (tertiary alicyclic amines) is 1. The van der Waals surface area contributed by atoms with Gasteiger partial charge < -0.3 is 10.6 Å². The van der Waals surface area contributed by atoms with E-state index < -0.39 is 12.7 Å². The van der Waals surface area contributed by atoms with Crippen molar-refractivity contribution in [2.75, 3.05) is 39.8 Å². The normalized spacial score (nSPS) is 17.0. The van der Waals surface area contributed by atoms with E-state index in [-0.39, 0.29) is 0 Å². The van der Waals surface area contributed by atoms with Crippen molar-refractivity contribution in [3.05, 3.63) is 30.2 Å². The molecule has 7 nitrogen and oxygen atoms in total. The van der Waals surface area contributed by atoms with Crippen LogP contribution in [0, 0.1) is 5.92 Å². The van der Waals surface area contributed by atoms with E-state index >= 15 is 0 Å². The highest BCUT2D eigenvalue weighted by Crippen LogP contribution is 2.23. The monoisotopic (exact) mass is 411 g/mol. The summed E-state index contributed by atoms with van der Waals surface area (Å²) in [5.41, 5.74) is 0.825. The Labute approximate surface area is 168 Å². The first kappa shape index (κ1) is 21.4. The van der Waals surface area contributed by atoms with Crippen LogP contribution in [0.4, 0.5) is 13.2 Å². The number of fused-ring (bicyclic) bond motifs is 1. The minimum absolute atomic E-state index is 0.451. The molecule has 10 heteroatoms. The molecule has 2 aromatic heterocycles. The average Bonchev–Trinajstić information content (AvgIpc) is 3.10. The summed E-state index contributed by atoms with van der Waals surface area (Å²) in [6, 6.07) is 5.79. The lowest BCUT2D eigenvalue weighted by Gasteiger charge is -2.32. The van der Waals surface area contributed by atoms with Crippen LogP contribution in [0.2, 0.25) is 0 Å². The van der Waals surface area contributed by atoms with Gasteiger partial charge in [0.05, 0.1) is 6.54 Å². The Morgan fingerprint density at radius 1 is 1.17 bits per heavy atom. The largest absolute Gasteiger partial charge is 0.401 e. The third-order valence-corrected chi connectivity index (χ3v) is 5.20. The van der Waals surface area contributed by atoms with Crippen molar-refractivity contribution in [3.63, 3.8) is 0 Å². The molecule has 0 amide bonds. The number of hydrogen-bond donors (Lipinski definition) is 2.